The molecule has 0 saturated heterocycles. The molecule has 1 saturated carbocycles. The Kier molecular flexibility index (Phi) is 4.75. The summed E-state index contributed by atoms with van der Waals surface area (Å²) >= 11 is 5.51. The van der Waals surface area contributed by atoms with Crippen molar-refractivity contribution in [2.24, 2.45) is 5.73 Å². The number of benzene rings is 1. The van der Waals surface area contributed by atoms with Gasteiger partial charge in [0.25, 0.3) is 0 Å². The van der Waals surface area contributed by atoms with Gasteiger partial charge in [0.2, 0.25) is 0 Å². The molecule has 100 valence electrons. The van der Waals surface area contributed by atoms with E-state index in [1.807, 2.05) is 11.8 Å². The Morgan fingerprint density at radius 3 is 2.72 bits per heavy atom. The van der Waals surface area contributed by atoms with Gasteiger partial charge in [-0.3, -0.25) is 4.90 Å². The number of rotatable bonds is 6. The fraction of sp³-hybridized carbons (Fsp3) is 0.571. The van der Waals surface area contributed by atoms with Crippen molar-refractivity contribution in [1.82, 2.24) is 4.90 Å². The van der Waals surface area contributed by atoms with Crippen LogP contribution in [-0.2, 0) is 6.54 Å². The van der Waals surface area contributed by atoms with Crippen LogP contribution < -0.4 is 5.73 Å². The van der Waals surface area contributed by atoms with Crippen LogP contribution in [0.3, 0.4) is 0 Å². The molecule has 0 bridgehead atoms. The van der Waals surface area contributed by atoms with Gasteiger partial charge in [0, 0.05) is 28.4 Å². The van der Waals surface area contributed by atoms with Crippen LogP contribution in [0.2, 0.25) is 0 Å². The number of hydrogen-bond acceptors (Lipinski definition) is 3. The van der Waals surface area contributed by atoms with Gasteiger partial charge in [0.1, 0.15) is 0 Å². The molecule has 0 radical (unpaired) electrons. The van der Waals surface area contributed by atoms with Crippen LogP contribution in [0.25, 0.3) is 0 Å². The highest BCUT2D eigenvalue weighted by Crippen LogP contribution is 2.51. The molecule has 1 unspecified atom stereocenters. The van der Waals surface area contributed by atoms with E-state index in [4.69, 9.17) is 5.73 Å². The molecule has 1 aliphatic carbocycles. The van der Waals surface area contributed by atoms with Gasteiger partial charge in [-0.25, -0.2) is 0 Å². The van der Waals surface area contributed by atoms with E-state index in [1.165, 1.54) is 18.4 Å². The third kappa shape index (κ3) is 3.10. The lowest BCUT2D eigenvalue weighted by molar-refractivity contribution is 0.227. The van der Waals surface area contributed by atoms with Crippen molar-refractivity contribution in [3.8, 4) is 0 Å². The summed E-state index contributed by atoms with van der Waals surface area (Å²) in [5, 5.41) is 0. The first kappa shape index (κ1) is 14.4. The Hall–Kier alpha value is -0.0300. The molecular formula is C14H21BrN2S. The Bertz CT molecular complexity index is 407. The fourth-order valence-corrected chi connectivity index (χ4v) is 4.13. The van der Waals surface area contributed by atoms with Gasteiger partial charge >= 0.3 is 0 Å². The number of halogens is 1. The van der Waals surface area contributed by atoms with E-state index in [2.05, 4.69) is 58.4 Å². The predicted molar refractivity (Wildman–Crippen MR) is 83.9 cm³/mol. The molecule has 1 aromatic carbocycles. The monoisotopic (exact) mass is 328 g/mol. The summed E-state index contributed by atoms with van der Waals surface area (Å²) in [4.78, 5) is 2.41. The molecule has 0 heterocycles. The second kappa shape index (κ2) is 5.95. The van der Waals surface area contributed by atoms with Crippen LogP contribution in [0.1, 0.15) is 18.4 Å². The van der Waals surface area contributed by atoms with Crippen molar-refractivity contribution < 1.29 is 0 Å². The van der Waals surface area contributed by atoms with Crippen LogP contribution in [0.4, 0.5) is 0 Å². The lowest BCUT2D eigenvalue weighted by Gasteiger charge is -2.33. The summed E-state index contributed by atoms with van der Waals surface area (Å²) in [6, 6.07) is 8.99. The lowest BCUT2D eigenvalue weighted by Crippen LogP contribution is -2.46. The smallest absolute Gasteiger partial charge is 0.0365 e. The molecule has 1 fully saturated rings. The van der Waals surface area contributed by atoms with Gasteiger partial charge in [0.05, 0.1) is 0 Å². The Labute approximate surface area is 122 Å². The lowest BCUT2D eigenvalue weighted by atomic mass is 10.1. The Morgan fingerprint density at radius 1 is 1.50 bits per heavy atom. The standard InChI is InChI=1S/C14H21BrN2S/c1-17(10-11-4-3-5-12(15)8-11)13(9-16)14(18-2)6-7-14/h3-5,8,13H,6-7,9-10,16H2,1-2H3. The van der Waals surface area contributed by atoms with Crippen molar-refractivity contribution in [2.45, 2.75) is 30.2 Å². The summed E-state index contributed by atoms with van der Waals surface area (Å²) in [5.74, 6) is 0. The minimum Gasteiger partial charge on any atom is -0.329 e. The minimum absolute atomic E-state index is 0.412. The molecule has 2 nitrogen and oxygen atoms in total. The predicted octanol–water partition coefficient (Wildman–Crippen LogP) is 3.10. The van der Waals surface area contributed by atoms with Crippen LogP contribution in [0, 0.1) is 0 Å². The number of hydrogen-bond donors (Lipinski definition) is 1. The summed E-state index contributed by atoms with van der Waals surface area (Å²) < 4.78 is 1.55. The van der Waals surface area contributed by atoms with Gasteiger partial charge in [-0.1, -0.05) is 28.1 Å². The maximum atomic E-state index is 5.99. The molecule has 1 aliphatic rings. The third-order valence-corrected chi connectivity index (χ3v) is 5.82. The summed E-state index contributed by atoms with van der Waals surface area (Å²) in [7, 11) is 2.19. The summed E-state index contributed by atoms with van der Waals surface area (Å²) in [6.07, 6.45) is 4.82. The van der Waals surface area contributed by atoms with E-state index >= 15 is 0 Å². The molecule has 1 atom stereocenters. The van der Waals surface area contributed by atoms with Crippen LogP contribution in [0.5, 0.6) is 0 Å². The van der Waals surface area contributed by atoms with Crippen molar-refractivity contribution >= 4 is 27.7 Å². The molecule has 0 aliphatic heterocycles. The molecule has 0 amide bonds. The molecular weight excluding hydrogens is 308 g/mol. The molecule has 1 aromatic rings. The highest BCUT2D eigenvalue weighted by atomic mass is 79.9. The highest BCUT2D eigenvalue weighted by Gasteiger charge is 2.49. The Morgan fingerprint density at radius 2 is 2.22 bits per heavy atom. The molecule has 4 heteroatoms. The SMILES string of the molecule is CSC1(C(CN)N(C)Cc2cccc(Br)c2)CC1. The molecule has 0 spiro atoms. The van der Waals surface area contributed by atoms with E-state index in [-0.39, 0.29) is 0 Å². The molecule has 2 N–H and O–H groups in total. The van der Waals surface area contributed by atoms with Crippen LogP contribution >= 0.6 is 27.7 Å². The second-order valence-electron chi connectivity index (χ2n) is 5.07. The number of nitrogens with two attached hydrogens (primary N) is 1. The van der Waals surface area contributed by atoms with Crippen LogP contribution in [0.15, 0.2) is 28.7 Å². The first-order chi connectivity index (χ1) is 8.61. The first-order valence-corrected chi connectivity index (χ1v) is 8.33. The van der Waals surface area contributed by atoms with E-state index in [0.717, 1.165) is 17.6 Å². The topological polar surface area (TPSA) is 29.3 Å². The third-order valence-electron chi connectivity index (χ3n) is 3.83. The van der Waals surface area contributed by atoms with Crippen molar-refractivity contribution in [3.63, 3.8) is 0 Å². The largest absolute Gasteiger partial charge is 0.329 e. The average molecular weight is 329 g/mol. The molecule has 2 rings (SSSR count). The van der Waals surface area contributed by atoms with Gasteiger partial charge < -0.3 is 5.73 Å². The first-order valence-electron chi connectivity index (χ1n) is 6.31. The van der Waals surface area contributed by atoms with Crippen molar-refractivity contribution in [1.29, 1.82) is 0 Å². The van der Waals surface area contributed by atoms with Gasteiger partial charge in [-0.15, -0.1) is 0 Å². The zero-order valence-electron chi connectivity index (χ0n) is 11.0. The number of likely N-dealkylation sites (N-methyl/N-ethyl adjacent to an activating group) is 1. The van der Waals surface area contributed by atoms with Crippen molar-refractivity contribution in [3.05, 3.63) is 34.3 Å². The zero-order chi connectivity index (χ0) is 13.2. The maximum Gasteiger partial charge on any atom is 0.0365 e. The number of thioether (sulfide) groups is 1. The second-order valence-corrected chi connectivity index (χ2v) is 7.20. The van der Waals surface area contributed by atoms with Crippen molar-refractivity contribution in [2.75, 3.05) is 19.8 Å². The van der Waals surface area contributed by atoms with E-state index in [0.29, 0.717) is 10.8 Å². The quantitative estimate of drug-likeness (QED) is 0.870. The number of nitrogens with zero attached hydrogens (tertiary/aromatic N) is 1. The Balaban J connectivity index is 2.04. The minimum atomic E-state index is 0.412. The van der Waals surface area contributed by atoms with E-state index in [9.17, 15) is 0 Å². The zero-order valence-corrected chi connectivity index (χ0v) is 13.4. The fourth-order valence-electron chi connectivity index (χ4n) is 2.63. The maximum absolute atomic E-state index is 5.99. The van der Waals surface area contributed by atoms with E-state index < -0.39 is 0 Å². The molecule has 18 heavy (non-hydrogen) atoms. The van der Waals surface area contributed by atoms with Gasteiger partial charge in [-0.05, 0) is 43.8 Å². The summed E-state index contributed by atoms with van der Waals surface area (Å²) in [6.45, 7) is 1.70. The normalized spacial score (nSPS) is 18.9. The average Bonchev–Trinajstić information content (AvgIpc) is 3.11. The van der Waals surface area contributed by atoms with Crippen LogP contribution in [-0.4, -0.2) is 35.5 Å². The van der Waals surface area contributed by atoms with Gasteiger partial charge in [-0.2, -0.15) is 11.8 Å². The van der Waals surface area contributed by atoms with Gasteiger partial charge in [0.15, 0.2) is 0 Å². The molecule has 0 aromatic heterocycles. The highest BCUT2D eigenvalue weighted by molar-refractivity contribution is 9.10. The summed E-state index contributed by atoms with van der Waals surface area (Å²) in [5.41, 5.74) is 7.33. The van der Waals surface area contributed by atoms with E-state index in [1.54, 1.807) is 0 Å².